The minimum Gasteiger partial charge on any atom is -0.295 e. The fourth-order valence-corrected chi connectivity index (χ4v) is 1.18. The minimum absolute atomic E-state index is 0.679. The zero-order valence-corrected chi connectivity index (χ0v) is 7.15. The van der Waals surface area contributed by atoms with Crippen LogP contribution in [0.2, 0.25) is 0 Å². The monoisotopic (exact) mass is 133 g/mol. The van der Waals surface area contributed by atoms with Crippen LogP contribution in [-0.4, -0.2) is 12.7 Å². The summed E-state index contributed by atoms with van der Waals surface area (Å²) in [6.45, 7) is 8.86. The molecule has 0 fully saturated rings. The summed E-state index contributed by atoms with van der Waals surface area (Å²) in [4.78, 5) is 0. The van der Waals surface area contributed by atoms with E-state index in [9.17, 15) is 0 Å². The summed E-state index contributed by atoms with van der Waals surface area (Å²) < 4.78 is 0. The predicted molar refractivity (Wildman–Crippen MR) is 41.7 cm³/mol. The maximum absolute atomic E-state index is 3.37. The van der Waals surface area contributed by atoms with Crippen LogP contribution in [0.25, 0.3) is 0 Å². The minimum atomic E-state index is 0.679. The number of rotatable bonds is 3. The molecule has 0 aromatic heterocycles. The first-order valence-corrected chi connectivity index (χ1v) is 4.60. The van der Waals surface area contributed by atoms with Gasteiger partial charge in [0.05, 0.1) is 0 Å². The lowest BCUT2D eigenvalue weighted by Crippen LogP contribution is -2.23. The van der Waals surface area contributed by atoms with Crippen molar-refractivity contribution < 1.29 is 0 Å². The summed E-state index contributed by atoms with van der Waals surface area (Å²) >= 11 is 0. The first-order chi connectivity index (χ1) is 3.68. The highest BCUT2D eigenvalue weighted by atomic mass is 31.1. The Morgan fingerprint density at radius 2 is 1.75 bits per heavy atom. The number of hydrogen-bond donors (Lipinski definition) is 1. The van der Waals surface area contributed by atoms with Crippen molar-refractivity contribution in [3.8, 4) is 0 Å². The lowest BCUT2D eigenvalue weighted by atomic mass is 10.1. The molecular formula is C6H16NP. The Kier molecular flexibility index (Phi) is 4.50. The second kappa shape index (κ2) is 4.29. The maximum Gasteiger partial charge on any atom is 0.00957 e. The SMILES string of the molecule is CPNC(C)C(C)C. The second-order valence-electron chi connectivity index (χ2n) is 2.43. The molecule has 1 nitrogen and oxygen atoms in total. The molecule has 0 rings (SSSR count). The molecule has 0 aliphatic carbocycles. The van der Waals surface area contributed by atoms with Gasteiger partial charge in [-0.1, -0.05) is 22.6 Å². The van der Waals surface area contributed by atoms with E-state index in [2.05, 4.69) is 32.5 Å². The third kappa shape index (κ3) is 3.40. The molecule has 0 saturated carbocycles. The van der Waals surface area contributed by atoms with Gasteiger partial charge in [0, 0.05) is 6.04 Å². The highest BCUT2D eigenvalue weighted by Gasteiger charge is 2.02. The van der Waals surface area contributed by atoms with Crippen LogP contribution in [0.3, 0.4) is 0 Å². The largest absolute Gasteiger partial charge is 0.295 e. The Morgan fingerprint density at radius 3 is 1.88 bits per heavy atom. The molecular weight excluding hydrogens is 117 g/mol. The van der Waals surface area contributed by atoms with Gasteiger partial charge in [-0.15, -0.1) is 0 Å². The van der Waals surface area contributed by atoms with Crippen LogP contribution in [0.15, 0.2) is 0 Å². The van der Waals surface area contributed by atoms with E-state index in [4.69, 9.17) is 0 Å². The predicted octanol–water partition coefficient (Wildman–Crippen LogP) is 1.84. The van der Waals surface area contributed by atoms with Crippen LogP contribution >= 0.6 is 8.73 Å². The zero-order chi connectivity index (χ0) is 6.57. The van der Waals surface area contributed by atoms with Crippen LogP contribution in [0, 0.1) is 5.92 Å². The van der Waals surface area contributed by atoms with Gasteiger partial charge in [-0.3, -0.25) is 5.09 Å². The van der Waals surface area contributed by atoms with Gasteiger partial charge in [0.25, 0.3) is 0 Å². The molecule has 0 spiro atoms. The third-order valence-electron chi connectivity index (χ3n) is 1.37. The maximum atomic E-state index is 3.37. The molecule has 0 aliphatic heterocycles. The van der Waals surface area contributed by atoms with Gasteiger partial charge in [-0.2, -0.15) is 0 Å². The molecule has 2 heteroatoms. The quantitative estimate of drug-likeness (QED) is 0.579. The Labute approximate surface area is 54.1 Å². The van der Waals surface area contributed by atoms with Crippen molar-refractivity contribution in [1.82, 2.24) is 5.09 Å². The Balaban J connectivity index is 3.17. The van der Waals surface area contributed by atoms with E-state index in [1.54, 1.807) is 0 Å². The van der Waals surface area contributed by atoms with E-state index in [0.29, 0.717) is 6.04 Å². The van der Waals surface area contributed by atoms with E-state index in [0.717, 1.165) is 14.6 Å². The molecule has 2 atom stereocenters. The summed E-state index contributed by atoms with van der Waals surface area (Å²) in [7, 11) is 0.881. The van der Waals surface area contributed by atoms with Gasteiger partial charge in [0.15, 0.2) is 0 Å². The summed E-state index contributed by atoms with van der Waals surface area (Å²) in [5.74, 6) is 0.766. The van der Waals surface area contributed by atoms with Gasteiger partial charge >= 0.3 is 0 Å². The smallest absolute Gasteiger partial charge is 0.00957 e. The van der Waals surface area contributed by atoms with Crippen molar-refractivity contribution in [2.45, 2.75) is 26.8 Å². The van der Waals surface area contributed by atoms with E-state index in [1.165, 1.54) is 0 Å². The van der Waals surface area contributed by atoms with Gasteiger partial charge in [0.2, 0.25) is 0 Å². The van der Waals surface area contributed by atoms with Crippen molar-refractivity contribution in [1.29, 1.82) is 0 Å². The van der Waals surface area contributed by atoms with E-state index >= 15 is 0 Å². The van der Waals surface area contributed by atoms with Gasteiger partial charge in [0.1, 0.15) is 0 Å². The molecule has 0 saturated heterocycles. The topological polar surface area (TPSA) is 12.0 Å². The molecule has 8 heavy (non-hydrogen) atoms. The Bertz CT molecular complexity index is 54.5. The molecule has 0 radical (unpaired) electrons. The fourth-order valence-electron chi connectivity index (χ4n) is 0.394. The van der Waals surface area contributed by atoms with Crippen molar-refractivity contribution in [3.05, 3.63) is 0 Å². The molecule has 0 aromatic rings. The van der Waals surface area contributed by atoms with Crippen molar-refractivity contribution in [2.24, 2.45) is 5.92 Å². The highest BCUT2D eigenvalue weighted by molar-refractivity contribution is 7.34. The van der Waals surface area contributed by atoms with E-state index in [-0.39, 0.29) is 0 Å². The second-order valence-corrected chi connectivity index (χ2v) is 3.22. The van der Waals surface area contributed by atoms with E-state index in [1.807, 2.05) is 0 Å². The Morgan fingerprint density at radius 1 is 1.25 bits per heavy atom. The summed E-state index contributed by atoms with van der Waals surface area (Å²) in [6.07, 6.45) is 0. The summed E-state index contributed by atoms with van der Waals surface area (Å²) in [5, 5.41) is 3.37. The average molecular weight is 133 g/mol. The standard InChI is InChI=1S/C6H16NP/c1-5(2)6(3)7-8-4/h5-8H,1-4H3. The lowest BCUT2D eigenvalue weighted by Gasteiger charge is -2.14. The summed E-state index contributed by atoms with van der Waals surface area (Å²) in [5.41, 5.74) is 0. The van der Waals surface area contributed by atoms with Crippen molar-refractivity contribution >= 4 is 8.73 Å². The molecule has 50 valence electrons. The molecule has 2 unspecified atom stereocenters. The van der Waals surface area contributed by atoms with Gasteiger partial charge < -0.3 is 0 Å². The first kappa shape index (κ1) is 8.39. The molecule has 0 aromatic carbocycles. The third-order valence-corrected chi connectivity index (χ3v) is 2.12. The van der Waals surface area contributed by atoms with Crippen LogP contribution in [0.4, 0.5) is 0 Å². The van der Waals surface area contributed by atoms with Crippen LogP contribution in [-0.2, 0) is 0 Å². The van der Waals surface area contributed by atoms with Gasteiger partial charge in [-0.25, -0.2) is 0 Å². The molecule has 0 bridgehead atoms. The van der Waals surface area contributed by atoms with Crippen molar-refractivity contribution in [3.63, 3.8) is 0 Å². The summed E-state index contributed by atoms with van der Waals surface area (Å²) in [6, 6.07) is 0.679. The molecule has 0 heterocycles. The molecule has 1 N–H and O–H groups in total. The zero-order valence-electron chi connectivity index (χ0n) is 6.15. The van der Waals surface area contributed by atoms with Crippen LogP contribution in [0.5, 0.6) is 0 Å². The van der Waals surface area contributed by atoms with Crippen LogP contribution < -0.4 is 5.09 Å². The lowest BCUT2D eigenvalue weighted by molar-refractivity contribution is 0.500. The molecule has 0 amide bonds. The van der Waals surface area contributed by atoms with Crippen LogP contribution in [0.1, 0.15) is 20.8 Å². The average Bonchev–Trinajstić information content (AvgIpc) is 1.67. The normalized spacial score (nSPS) is 16.1. The van der Waals surface area contributed by atoms with Crippen molar-refractivity contribution in [2.75, 3.05) is 6.66 Å². The number of nitrogens with one attached hydrogen (secondary N) is 1. The van der Waals surface area contributed by atoms with E-state index < -0.39 is 0 Å². The van der Waals surface area contributed by atoms with Gasteiger partial charge in [-0.05, 0) is 19.5 Å². The highest BCUT2D eigenvalue weighted by Crippen LogP contribution is 2.05. The fraction of sp³-hybridized carbons (Fsp3) is 1.00. The number of hydrogen-bond acceptors (Lipinski definition) is 1. The molecule has 0 aliphatic rings. The first-order valence-electron chi connectivity index (χ1n) is 3.10. The Hall–Kier alpha value is 0.390.